The first-order valence-corrected chi connectivity index (χ1v) is 10.3. The van der Waals surface area contributed by atoms with Gasteiger partial charge >= 0.3 is 5.97 Å². The minimum Gasteiger partial charge on any atom is -0.478 e. The molecule has 0 aromatic heterocycles. The molecule has 3 aromatic carbocycles. The number of hydroxylamine groups is 1. The average molecular weight is 449 g/mol. The zero-order chi connectivity index (χ0) is 22.4. The molecular weight excluding hydrogens is 432 g/mol. The lowest BCUT2D eigenvalue weighted by Crippen LogP contribution is -2.37. The van der Waals surface area contributed by atoms with Gasteiger partial charge in [0.2, 0.25) is 5.91 Å². The van der Waals surface area contributed by atoms with E-state index in [1.54, 1.807) is 66.7 Å². The van der Waals surface area contributed by atoms with Crippen molar-refractivity contribution in [2.75, 3.05) is 9.96 Å². The number of anilines is 2. The predicted molar refractivity (Wildman–Crippen MR) is 117 cm³/mol. The maximum absolute atomic E-state index is 13.6. The SMILES string of the molecule is O=C(O)c1ccccc1[C@@H]1[C@H]2C(=O)N(c3ccccc3Cl)C(=O)[C@H]2ON1c1ccccc1. The van der Waals surface area contributed by atoms with E-state index < -0.39 is 35.8 Å². The number of hydrogen-bond donors (Lipinski definition) is 1. The molecular formula is C24H17ClN2O5. The molecule has 0 bridgehead atoms. The number of carboxylic acid groups (broad SMARTS) is 1. The molecule has 8 heteroatoms. The van der Waals surface area contributed by atoms with Crippen LogP contribution in [-0.2, 0) is 14.4 Å². The molecule has 0 spiro atoms. The topological polar surface area (TPSA) is 87.2 Å². The van der Waals surface area contributed by atoms with Crippen LogP contribution in [0.4, 0.5) is 11.4 Å². The molecule has 3 atom stereocenters. The van der Waals surface area contributed by atoms with Crippen LogP contribution in [0, 0.1) is 5.92 Å². The Bertz CT molecular complexity index is 1230. The Labute approximate surface area is 188 Å². The fraction of sp³-hybridized carbons (Fsp3) is 0.125. The Morgan fingerprint density at radius 1 is 0.875 bits per heavy atom. The molecule has 0 radical (unpaired) electrons. The van der Waals surface area contributed by atoms with Crippen LogP contribution in [0.5, 0.6) is 0 Å². The zero-order valence-electron chi connectivity index (χ0n) is 16.6. The van der Waals surface area contributed by atoms with Crippen molar-refractivity contribution in [2.24, 2.45) is 5.92 Å². The van der Waals surface area contributed by atoms with Crippen LogP contribution in [0.3, 0.4) is 0 Å². The zero-order valence-corrected chi connectivity index (χ0v) is 17.3. The Balaban J connectivity index is 1.65. The van der Waals surface area contributed by atoms with Crippen molar-refractivity contribution in [1.82, 2.24) is 0 Å². The molecule has 2 fully saturated rings. The maximum atomic E-state index is 13.6. The van der Waals surface area contributed by atoms with Gasteiger partial charge in [-0.2, -0.15) is 0 Å². The number of carboxylic acids is 1. The summed E-state index contributed by atoms with van der Waals surface area (Å²) in [6, 6.07) is 21.2. The van der Waals surface area contributed by atoms with E-state index in [4.69, 9.17) is 16.4 Å². The summed E-state index contributed by atoms with van der Waals surface area (Å²) < 4.78 is 0. The van der Waals surface area contributed by atoms with E-state index >= 15 is 0 Å². The highest BCUT2D eigenvalue weighted by atomic mass is 35.5. The molecule has 0 aliphatic carbocycles. The normalized spacial score (nSPS) is 22.3. The van der Waals surface area contributed by atoms with Gasteiger partial charge in [0.1, 0.15) is 5.92 Å². The van der Waals surface area contributed by atoms with Crippen LogP contribution in [0.1, 0.15) is 22.0 Å². The number of benzene rings is 3. The molecule has 2 heterocycles. The third-order valence-corrected chi connectivity index (χ3v) is 6.05. The van der Waals surface area contributed by atoms with Gasteiger partial charge < -0.3 is 5.11 Å². The van der Waals surface area contributed by atoms with Crippen molar-refractivity contribution in [3.63, 3.8) is 0 Å². The number of nitrogens with zero attached hydrogens (tertiary/aromatic N) is 2. The van der Waals surface area contributed by atoms with Crippen molar-refractivity contribution in [2.45, 2.75) is 12.1 Å². The fourth-order valence-electron chi connectivity index (χ4n) is 4.35. The molecule has 2 aliphatic rings. The minimum atomic E-state index is -1.13. The first-order chi connectivity index (χ1) is 15.5. The molecule has 2 aliphatic heterocycles. The predicted octanol–water partition coefficient (Wildman–Crippen LogP) is 4.09. The second kappa shape index (κ2) is 7.78. The lowest BCUT2D eigenvalue weighted by molar-refractivity contribution is -0.126. The highest BCUT2D eigenvalue weighted by Crippen LogP contribution is 2.48. The van der Waals surface area contributed by atoms with Gasteiger partial charge in [-0.15, -0.1) is 0 Å². The van der Waals surface area contributed by atoms with Crippen molar-refractivity contribution in [3.8, 4) is 0 Å². The van der Waals surface area contributed by atoms with E-state index in [1.807, 2.05) is 6.07 Å². The molecule has 1 N–H and O–H groups in total. The van der Waals surface area contributed by atoms with Crippen molar-refractivity contribution < 1.29 is 24.3 Å². The van der Waals surface area contributed by atoms with Gasteiger partial charge in [-0.25, -0.2) is 14.8 Å². The van der Waals surface area contributed by atoms with E-state index in [9.17, 15) is 19.5 Å². The summed E-state index contributed by atoms with van der Waals surface area (Å²) in [5.74, 6) is -3.10. The van der Waals surface area contributed by atoms with Crippen LogP contribution in [0.15, 0.2) is 78.9 Å². The second-order valence-electron chi connectivity index (χ2n) is 7.51. The van der Waals surface area contributed by atoms with Crippen LogP contribution in [-0.4, -0.2) is 29.0 Å². The monoisotopic (exact) mass is 448 g/mol. The minimum absolute atomic E-state index is 0.0409. The Morgan fingerprint density at radius 2 is 1.53 bits per heavy atom. The molecule has 7 nitrogen and oxygen atoms in total. The Morgan fingerprint density at radius 3 is 2.25 bits per heavy atom. The number of carbonyl (C=O) groups is 3. The number of fused-ring (bicyclic) bond motifs is 1. The van der Waals surface area contributed by atoms with E-state index in [0.29, 0.717) is 11.3 Å². The van der Waals surface area contributed by atoms with Crippen LogP contribution in [0.2, 0.25) is 5.02 Å². The van der Waals surface area contributed by atoms with Crippen molar-refractivity contribution >= 4 is 40.8 Å². The van der Waals surface area contributed by atoms with E-state index in [-0.39, 0.29) is 16.3 Å². The van der Waals surface area contributed by atoms with Gasteiger partial charge in [-0.05, 0) is 35.9 Å². The van der Waals surface area contributed by atoms with Gasteiger partial charge in [0.15, 0.2) is 6.10 Å². The molecule has 2 saturated heterocycles. The standard InChI is InChI=1S/C24H17ClN2O5/c25-17-12-6-7-13-18(17)26-22(28)19-20(15-10-4-5-11-16(15)24(30)31)27(32-21(19)23(26)29)14-8-2-1-3-9-14/h1-13,19-21H,(H,30,31)/t19-,20-,21+/m1/s1. The van der Waals surface area contributed by atoms with Crippen molar-refractivity contribution in [3.05, 3.63) is 95.0 Å². The summed E-state index contributed by atoms with van der Waals surface area (Å²) in [5.41, 5.74) is 1.31. The van der Waals surface area contributed by atoms with Crippen molar-refractivity contribution in [1.29, 1.82) is 0 Å². The fourth-order valence-corrected chi connectivity index (χ4v) is 4.57. The van der Waals surface area contributed by atoms with Gasteiger partial charge in [-0.1, -0.05) is 60.1 Å². The third-order valence-electron chi connectivity index (χ3n) is 5.73. The number of hydrogen-bond acceptors (Lipinski definition) is 5. The third kappa shape index (κ3) is 3.05. The summed E-state index contributed by atoms with van der Waals surface area (Å²) >= 11 is 6.26. The molecule has 32 heavy (non-hydrogen) atoms. The number of rotatable bonds is 4. The van der Waals surface area contributed by atoms with Gasteiger partial charge in [0.25, 0.3) is 5.91 Å². The van der Waals surface area contributed by atoms with E-state index in [0.717, 1.165) is 4.90 Å². The number of amides is 2. The van der Waals surface area contributed by atoms with Crippen LogP contribution >= 0.6 is 11.6 Å². The van der Waals surface area contributed by atoms with Gasteiger partial charge in [0.05, 0.1) is 28.0 Å². The Kier molecular flexibility index (Phi) is 4.92. The summed E-state index contributed by atoms with van der Waals surface area (Å²) in [7, 11) is 0. The summed E-state index contributed by atoms with van der Waals surface area (Å²) in [6.45, 7) is 0. The lowest BCUT2D eigenvalue weighted by atomic mass is 9.88. The van der Waals surface area contributed by atoms with Gasteiger partial charge in [-0.3, -0.25) is 14.4 Å². The number of imide groups is 1. The van der Waals surface area contributed by atoms with Crippen LogP contribution in [0.25, 0.3) is 0 Å². The van der Waals surface area contributed by atoms with E-state index in [2.05, 4.69) is 0 Å². The molecule has 2 amide bonds. The molecule has 160 valence electrons. The maximum Gasteiger partial charge on any atom is 0.336 e. The first-order valence-electron chi connectivity index (χ1n) is 9.94. The van der Waals surface area contributed by atoms with E-state index in [1.165, 1.54) is 11.1 Å². The number of para-hydroxylation sites is 2. The largest absolute Gasteiger partial charge is 0.478 e. The summed E-state index contributed by atoms with van der Waals surface area (Å²) in [4.78, 5) is 45.9. The van der Waals surface area contributed by atoms with Gasteiger partial charge in [0, 0.05) is 0 Å². The quantitative estimate of drug-likeness (QED) is 0.605. The highest BCUT2D eigenvalue weighted by molar-refractivity contribution is 6.36. The number of halogens is 1. The molecule has 3 aromatic rings. The Hall–Kier alpha value is -3.68. The average Bonchev–Trinajstić information content (AvgIpc) is 3.31. The lowest BCUT2D eigenvalue weighted by Gasteiger charge is -2.29. The summed E-state index contributed by atoms with van der Waals surface area (Å²) in [6.07, 6.45) is -1.11. The summed E-state index contributed by atoms with van der Waals surface area (Å²) in [5, 5.41) is 11.5. The first kappa shape index (κ1) is 20.2. The molecule has 0 saturated carbocycles. The molecule has 5 rings (SSSR count). The highest BCUT2D eigenvalue weighted by Gasteiger charge is 2.61. The number of aromatic carboxylic acids is 1. The van der Waals surface area contributed by atoms with Crippen LogP contribution < -0.4 is 9.96 Å². The number of carbonyl (C=O) groups excluding carboxylic acids is 2. The molecule has 0 unspecified atom stereocenters. The smallest absolute Gasteiger partial charge is 0.336 e. The second-order valence-corrected chi connectivity index (χ2v) is 7.92.